The third-order valence-electron chi connectivity index (χ3n) is 6.51. The van der Waals surface area contributed by atoms with Gasteiger partial charge in [-0.3, -0.25) is 4.79 Å². The smallest absolute Gasteiger partial charge is 0.248 e. The van der Waals surface area contributed by atoms with Crippen molar-refractivity contribution < 1.29 is 23.4 Å². The predicted molar refractivity (Wildman–Crippen MR) is 165 cm³/mol. The fraction of sp³-hybridized carbons (Fsp3) is 0.156. The Kier molecular flexibility index (Phi) is 9.50. The molecule has 0 radical (unpaired) electrons. The van der Waals surface area contributed by atoms with Crippen molar-refractivity contribution in [1.82, 2.24) is 9.97 Å². The van der Waals surface area contributed by atoms with Gasteiger partial charge in [-0.15, -0.1) is 0 Å². The van der Waals surface area contributed by atoms with Gasteiger partial charge in [0.1, 0.15) is 42.7 Å². The van der Waals surface area contributed by atoms with E-state index in [2.05, 4.69) is 20.6 Å². The third kappa shape index (κ3) is 7.68. The Hall–Kier alpha value is -4.93. The average molecular weight is 602 g/mol. The van der Waals surface area contributed by atoms with E-state index >= 15 is 0 Å². The molecule has 0 fully saturated rings. The fourth-order valence-electron chi connectivity index (χ4n) is 4.22. The molecule has 0 saturated heterocycles. The lowest BCUT2D eigenvalue weighted by Gasteiger charge is -2.16. The number of carbonyl (C=O) groups excluding carboxylic acids is 1. The normalized spacial score (nSPS) is 10.9. The molecule has 0 aliphatic carbocycles. The second-order valence-electron chi connectivity index (χ2n) is 9.53. The van der Waals surface area contributed by atoms with E-state index in [1.54, 1.807) is 25.3 Å². The number of nitrogens with zero attached hydrogens (tertiary/aromatic N) is 2. The molecule has 11 heteroatoms. The summed E-state index contributed by atoms with van der Waals surface area (Å²) in [6.07, 6.45) is 1.45. The molecule has 0 saturated carbocycles. The van der Waals surface area contributed by atoms with E-state index in [9.17, 15) is 9.18 Å². The molecule has 9 nitrogen and oxygen atoms in total. The number of nitrogens with two attached hydrogens (primary N) is 1. The van der Waals surface area contributed by atoms with E-state index in [1.807, 2.05) is 48.5 Å². The molecule has 0 unspecified atom stereocenters. The number of carbonyl (C=O) groups is 1. The molecule has 5 rings (SSSR count). The molecule has 0 spiro atoms. The van der Waals surface area contributed by atoms with Gasteiger partial charge >= 0.3 is 0 Å². The minimum Gasteiger partial charge on any atom is -0.489 e. The summed E-state index contributed by atoms with van der Waals surface area (Å²) >= 11 is 5.97. The van der Waals surface area contributed by atoms with E-state index in [-0.39, 0.29) is 5.02 Å². The van der Waals surface area contributed by atoms with Crippen LogP contribution in [0.2, 0.25) is 5.02 Å². The van der Waals surface area contributed by atoms with Crippen LogP contribution in [0.4, 0.5) is 21.6 Å². The fourth-order valence-corrected chi connectivity index (χ4v) is 4.40. The first kappa shape index (κ1) is 29.6. The maximum Gasteiger partial charge on any atom is 0.248 e. The van der Waals surface area contributed by atoms with Crippen molar-refractivity contribution in [2.75, 3.05) is 31.0 Å². The number of hydrogen-bond acceptors (Lipinski definition) is 8. The molecule has 1 amide bonds. The van der Waals surface area contributed by atoms with Crippen LogP contribution < -0.4 is 25.8 Å². The van der Waals surface area contributed by atoms with Crippen LogP contribution in [-0.2, 0) is 17.9 Å². The number of methoxy groups -OCH3 is 1. The molecule has 1 heterocycles. The maximum absolute atomic E-state index is 13.7. The lowest BCUT2D eigenvalue weighted by Crippen LogP contribution is -2.10. The monoisotopic (exact) mass is 601 g/mol. The Labute approximate surface area is 252 Å². The Morgan fingerprint density at radius 1 is 0.930 bits per heavy atom. The number of anilines is 3. The van der Waals surface area contributed by atoms with Crippen LogP contribution in [0.5, 0.6) is 11.5 Å². The van der Waals surface area contributed by atoms with Crippen LogP contribution >= 0.6 is 11.6 Å². The van der Waals surface area contributed by atoms with Crippen molar-refractivity contribution in [3.8, 4) is 11.5 Å². The van der Waals surface area contributed by atoms with Crippen LogP contribution in [0.25, 0.3) is 10.9 Å². The number of ether oxygens (including phenoxy) is 3. The summed E-state index contributed by atoms with van der Waals surface area (Å²) in [6, 6.07) is 22.9. The van der Waals surface area contributed by atoms with Crippen LogP contribution in [-0.4, -0.2) is 36.2 Å². The number of rotatable bonds is 13. The first-order valence-corrected chi connectivity index (χ1v) is 13.7. The molecule has 0 aliphatic heterocycles. The number of halogens is 2. The summed E-state index contributed by atoms with van der Waals surface area (Å²) in [5, 5.41) is 7.39. The van der Waals surface area contributed by atoms with Gasteiger partial charge in [0.25, 0.3) is 0 Å². The summed E-state index contributed by atoms with van der Waals surface area (Å²) in [5.74, 6) is 0.895. The molecular weight excluding hydrogens is 573 g/mol. The number of fused-ring (bicyclic) bond motifs is 1. The van der Waals surface area contributed by atoms with Gasteiger partial charge in [0.05, 0.1) is 22.8 Å². The number of benzene rings is 4. The predicted octanol–water partition coefficient (Wildman–Crippen LogP) is 6.48. The van der Waals surface area contributed by atoms with Crippen molar-refractivity contribution >= 4 is 45.6 Å². The minimum atomic E-state index is -0.500. The van der Waals surface area contributed by atoms with E-state index in [0.717, 1.165) is 22.2 Å². The summed E-state index contributed by atoms with van der Waals surface area (Å²) in [7, 11) is 1.61. The molecule has 4 N–H and O–H groups in total. The second-order valence-corrected chi connectivity index (χ2v) is 9.94. The molecule has 1 aromatic heterocycles. The standard InChI is InChI=1S/C32H29ClFN5O4/c1-41-12-13-42-30-16-28-25(32(38-19-37-28)39-23-8-11-27(34)26(33)14-23)15-29(30)36-17-20-4-9-24(10-5-20)43-18-21-2-6-22(7-3-21)31(35)40/h2-11,14-16,19,36H,12-13,17-18H2,1H3,(H2,35,40)(H,37,38,39). The third-order valence-corrected chi connectivity index (χ3v) is 6.80. The number of amides is 1. The van der Waals surface area contributed by atoms with Crippen molar-refractivity contribution in [2.45, 2.75) is 13.2 Å². The Balaban J connectivity index is 1.31. The van der Waals surface area contributed by atoms with E-state index in [4.69, 9.17) is 31.5 Å². The largest absolute Gasteiger partial charge is 0.489 e. The summed E-state index contributed by atoms with van der Waals surface area (Å²) in [4.78, 5) is 20.1. The molecule has 0 bridgehead atoms. The topological polar surface area (TPSA) is 121 Å². The van der Waals surface area contributed by atoms with Gasteiger partial charge < -0.3 is 30.6 Å². The van der Waals surface area contributed by atoms with Crippen molar-refractivity contribution in [2.24, 2.45) is 5.73 Å². The van der Waals surface area contributed by atoms with E-state index in [0.29, 0.717) is 60.4 Å². The highest BCUT2D eigenvalue weighted by molar-refractivity contribution is 6.31. The number of aromatic nitrogens is 2. The van der Waals surface area contributed by atoms with Gasteiger partial charge in [-0.1, -0.05) is 35.9 Å². The van der Waals surface area contributed by atoms with Crippen molar-refractivity contribution in [3.63, 3.8) is 0 Å². The number of nitrogens with one attached hydrogen (secondary N) is 2. The summed E-state index contributed by atoms with van der Waals surface area (Å²) < 4.78 is 30.7. The summed E-state index contributed by atoms with van der Waals surface area (Å²) in [5.41, 5.74) is 9.68. The Morgan fingerprint density at radius 3 is 2.42 bits per heavy atom. The van der Waals surface area contributed by atoms with Gasteiger partial charge in [-0.2, -0.15) is 0 Å². The van der Waals surface area contributed by atoms with Crippen molar-refractivity contribution in [3.05, 3.63) is 113 Å². The molecule has 43 heavy (non-hydrogen) atoms. The van der Waals surface area contributed by atoms with Crippen LogP contribution in [0, 0.1) is 5.82 Å². The molecule has 0 atom stereocenters. The van der Waals surface area contributed by atoms with Gasteiger partial charge in [0.2, 0.25) is 5.91 Å². The highest BCUT2D eigenvalue weighted by atomic mass is 35.5. The molecule has 4 aromatic carbocycles. The molecular formula is C32H29ClFN5O4. The first-order chi connectivity index (χ1) is 20.9. The Morgan fingerprint density at radius 2 is 1.70 bits per heavy atom. The minimum absolute atomic E-state index is 0.00910. The van der Waals surface area contributed by atoms with Gasteiger partial charge in [-0.05, 0) is 59.7 Å². The van der Waals surface area contributed by atoms with E-state index < -0.39 is 11.7 Å². The van der Waals surface area contributed by atoms with Crippen LogP contribution in [0.1, 0.15) is 21.5 Å². The first-order valence-electron chi connectivity index (χ1n) is 13.4. The van der Waals surface area contributed by atoms with Crippen molar-refractivity contribution in [1.29, 1.82) is 0 Å². The average Bonchev–Trinajstić information content (AvgIpc) is 3.02. The van der Waals surface area contributed by atoms with Crippen LogP contribution in [0.15, 0.2) is 85.2 Å². The molecule has 220 valence electrons. The lowest BCUT2D eigenvalue weighted by atomic mass is 10.1. The molecule has 0 aliphatic rings. The van der Waals surface area contributed by atoms with E-state index in [1.165, 1.54) is 18.5 Å². The van der Waals surface area contributed by atoms with Gasteiger partial charge in [-0.25, -0.2) is 14.4 Å². The molecule has 5 aromatic rings. The number of hydrogen-bond donors (Lipinski definition) is 3. The maximum atomic E-state index is 13.7. The highest BCUT2D eigenvalue weighted by Crippen LogP contribution is 2.34. The summed E-state index contributed by atoms with van der Waals surface area (Å²) in [6.45, 7) is 1.65. The zero-order valence-corrected chi connectivity index (χ0v) is 24.0. The SMILES string of the molecule is COCCOc1cc2ncnc(Nc3ccc(F)c(Cl)c3)c2cc1NCc1ccc(OCc2ccc(C(N)=O)cc2)cc1. The highest BCUT2D eigenvalue weighted by Gasteiger charge is 2.13. The quantitative estimate of drug-likeness (QED) is 0.131. The zero-order chi connectivity index (χ0) is 30.2. The number of primary amides is 1. The second kappa shape index (κ2) is 13.8. The Bertz CT molecular complexity index is 1720. The zero-order valence-electron chi connectivity index (χ0n) is 23.3. The van der Waals surface area contributed by atoms with Gasteiger partial charge in [0.15, 0.2) is 0 Å². The van der Waals surface area contributed by atoms with Gasteiger partial charge in [0, 0.05) is 36.4 Å². The van der Waals surface area contributed by atoms with Crippen LogP contribution in [0.3, 0.4) is 0 Å². The lowest BCUT2D eigenvalue weighted by molar-refractivity contribution is 0.1000.